The molecule has 0 amide bonds. The van der Waals surface area contributed by atoms with Crippen LogP contribution < -0.4 is 0 Å². The molecule has 0 aliphatic carbocycles. The molecule has 0 saturated carbocycles. The minimum Gasteiger partial charge on any atom is -0.368 e. The third kappa shape index (κ3) is 2.65. The van der Waals surface area contributed by atoms with Crippen LogP contribution in [0.15, 0.2) is 18.3 Å². The van der Waals surface area contributed by atoms with E-state index in [0.29, 0.717) is 0 Å². The lowest BCUT2D eigenvalue weighted by Crippen LogP contribution is -2.08. The van der Waals surface area contributed by atoms with Gasteiger partial charge in [-0.3, -0.25) is 4.98 Å². The molecule has 0 aliphatic rings. The Morgan fingerprint density at radius 1 is 1.45 bits per heavy atom. The van der Waals surface area contributed by atoms with Crippen LogP contribution in [-0.4, -0.2) is 21.5 Å². The van der Waals surface area contributed by atoms with E-state index in [-0.39, 0.29) is 6.42 Å². The smallest absolute Gasteiger partial charge is 0.155 e. The molecular formula is C8H11NO2. The third-order valence-electron chi connectivity index (χ3n) is 1.39. The molecule has 0 unspecified atom stereocenters. The molecule has 1 aromatic rings. The lowest BCUT2D eigenvalue weighted by atomic mass is 10.2. The van der Waals surface area contributed by atoms with Crippen molar-refractivity contribution in [3.63, 3.8) is 0 Å². The molecule has 3 heteroatoms. The van der Waals surface area contributed by atoms with Gasteiger partial charge in [0.2, 0.25) is 0 Å². The number of rotatable bonds is 2. The van der Waals surface area contributed by atoms with Crippen molar-refractivity contribution in [2.45, 2.75) is 19.6 Å². The molecule has 1 rings (SSSR count). The van der Waals surface area contributed by atoms with Gasteiger partial charge in [0, 0.05) is 18.3 Å². The van der Waals surface area contributed by atoms with E-state index in [0.717, 1.165) is 11.3 Å². The SMILES string of the molecule is Cc1ccc(CC(O)O)cn1. The van der Waals surface area contributed by atoms with Gasteiger partial charge in [-0.05, 0) is 18.6 Å². The van der Waals surface area contributed by atoms with Crippen LogP contribution >= 0.6 is 0 Å². The van der Waals surface area contributed by atoms with Gasteiger partial charge in [0.15, 0.2) is 6.29 Å². The van der Waals surface area contributed by atoms with E-state index in [4.69, 9.17) is 10.2 Å². The Labute approximate surface area is 65.3 Å². The lowest BCUT2D eigenvalue weighted by Gasteiger charge is -2.02. The number of pyridine rings is 1. The average molecular weight is 153 g/mol. The fourth-order valence-corrected chi connectivity index (χ4v) is 0.830. The molecule has 11 heavy (non-hydrogen) atoms. The van der Waals surface area contributed by atoms with E-state index in [1.54, 1.807) is 6.20 Å². The Morgan fingerprint density at radius 3 is 2.64 bits per heavy atom. The van der Waals surface area contributed by atoms with Crippen molar-refractivity contribution in [2.24, 2.45) is 0 Å². The van der Waals surface area contributed by atoms with Crippen LogP contribution in [-0.2, 0) is 6.42 Å². The summed E-state index contributed by atoms with van der Waals surface area (Å²) < 4.78 is 0. The largest absolute Gasteiger partial charge is 0.368 e. The van der Waals surface area contributed by atoms with Crippen LogP contribution in [0.3, 0.4) is 0 Å². The second-order valence-corrected chi connectivity index (χ2v) is 2.49. The monoisotopic (exact) mass is 153 g/mol. The summed E-state index contributed by atoms with van der Waals surface area (Å²) in [5, 5.41) is 17.2. The first-order chi connectivity index (χ1) is 5.18. The highest BCUT2D eigenvalue weighted by Crippen LogP contribution is 2.01. The summed E-state index contributed by atoms with van der Waals surface area (Å²) in [4.78, 5) is 4.01. The second kappa shape index (κ2) is 3.46. The van der Waals surface area contributed by atoms with Crippen molar-refractivity contribution in [3.8, 4) is 0 Å². The quantitative estimate of drug-likeness (QED) is 0.598. The van der Waals surface area contributed by atoms with Gasteiger partial charge in [0.1, 0.15) is 0 Å². The van der Waals surface area contributed by atoms with Crippen molar-refractivity contribution in [1.82, 2.24) is 4.98 Å². The van der Waals surface area contributed by atoms with Crippen molar-refractivity contribution < 1.29 is 10.2 Å². The molecule has 0 aromatic carbocycles. The molecule has 60 valence electrons. The molecule has 0 radical (unpaired) electrons. The van der Waals surface area contributed by atoms with Crippen LogP contribution in [0, 0.1) is 6.92 Å². The first-order valence-corrected chi connectivity index (χ1v) is 3.46. The van der Waals surface area contributed by atoms with Crippen molar-refractivity contribution in [3.05, 3.63) is 29.6 Å². The summed E-state index contributed by atoms with van der Waals surface area (Å²) >= 11 is 0. The maximum absolute atomic E-state index is 8.60. The number of nitrogens with zero attached hydrogens (tertiary/aromatic N) is 1. The first kappa shape index (κ1) is 8.17. The summed E-state index contributed by atoms with van der Waals surface area (Å²) in [7, 11) is 0. The Kier molecular flexibility index (Phi) is 2.57. The fourth-order valence-electron chi connectivity index (χ4n) is 0.830. The van der Waals surface area contributed by atoms with Crippen LogP contribution in [0.2, 0.25) is 0 Å². The van der Waals surface area contributed by atoms with Gasteiger partial charge in [0.25, 0.3) is 0 Å². The molecule has 3 nitrogen and oxygen atoms in total. The van der Waals surface area contributed by atoms with Crippen LogP contribution in [0.4, 0.5) is 0 Å². The highest BCUT2D eigenvalue weighted by atomic mass is 16.5. The number of hydrogen-bond donors (Lipinski definition) is 2. The zero-order valence-electron chi connectivity index (χ0n) is 6.36. The number of aromatic nitrogens is 1. The van der Waals surface area contributed by atoms with Crippen molar-refractivity contribution in [2.75, 3.05) is 0 Å². The van der Waals surface area contributed by atoms with Gasteiger partial charge in [-0.1, -0.05) is 6.07 Å². The minimum atomic E-state index is -1.28. The molecule has 0 aliphatic heterocycles. The Morgan fingerprint density at radius 2 is 2.18 bits per heavy atom. The predicted octanol–water partition coefficient (Wildman–Crippen LogP) is 0.243. The van der Waals surface area contributed by atoms with E-state index in [2.05, 4.69) is 4.98 Å². The topological polar surface area (TPSA) is 53.4 Å². The van der Waals surface area contributed by atoms with E-state index < -0.39 is 6.29 Å². The highest BCUT2D eigenvalue weighted by molar-refractivity contribution is 5.13. The normalized spacial score (nSPS) is 10.5. The summed E-state index contributed by atoms with van der Waals surface area (Å²) in [6.45, 7) is 1.89. The van der Waals surface area contributed by atoms with Crippen LogP contribution in [0.25, 0.3) is 0 Å². The predicted molar refractivity (Wildman–Crippen MR) is 40.9 cm³/mol. The average Bonchev–Trinajstić information content (AvgIpc) is 1.93. The summed E-state index contributed by atoms with van der Waals surface area (Å²) in [5.74, 6) is 0. The second-order valence-electron chi connectivity index (χ2n) is 2.49. The molecule has 2 N–H and O–H groups in total. The van der Waals surface area contributed by atoms with Crippen molar-refractivity contribution >= 4 is 0 Å². The molecule has 0 saturated heterocycles. The van der Waals surface area contributed by atoms with Crippen LogP contribution in [0.1, 0.15) is 11.3 Å². The Hall–Kier alpha value is -0.930. The fraction of sp³-hybridized carbons (Fsp3) is 0.375. The van der Waals surface area contributed by atoms with Gasteiger partial charge in [0.05, 0.1) is 0 Å². The van der Waals surface area contributed by atoms with Gasteiger partial charge >= 0.3 is 0 Å². The molecule has 0 spiro atoms. The van der Waals surface area contributed by atoms with E-state index in [1.165, 1.54) is 0 Å². The van der Waals surface area contributed by atoms with E-state index >= 15 is 0 Å². The van der Waals surface area contributed by atoms with E-state index in [1.807, 2.05) is 19.1 Å². The molecule has 0 bridgehead atoms. The Balaban J connectivity index is 2.66. The highest BCUT2D eigenvalue weighted by Gasteiger charge is 1.99. The number of hydrogen-bond acceptors (Lipinski definition) is 3. The maximum atomic E-state index is 8.60. The van der Waals surface area contributed by atoms with Gasteiger partial charge < -0.3 is 10.2 Å². The summed E-state index contributed by atoms with van der Waals surface area (Å²) in [5.41, 5.74) is 1.77. The van der Waals surface area contributed by atoms with Crippen molar-refractivity contribution in [1.29, 1.82) is 0 Å². The van der Waals surface area contributed by atoms with Gasteiger partial charge in [-0.2, -0.15) is 0 Å². The minimum absolute atomic E-state index is 0.243. The van der Waals surface area contributed by atoms with Crippen LogP contribution in [0.5, 0.6) is 0 Å². The molecule has 0 fully saturated rings. The third-order valence-corrected chi connectivity index (χ3v) is 1.39. The molecule has 1 heterocycles. The summed E-state index contributed by atoms with van der Waals surface area (Å²) in [6.07, 6.45) is 0.613. The molecule has 1 aromatic heterocycles. The lowest BCUT2D eigenvalue weighted by molar-refractivity contribution is -0.0382. The standard InChI is InChI=1S/C8H11NO2/c1-6-2-3-7(5-9-6)4-8(10)11/h2-3,5,8,10-11H,4H2,1H3. The zero-order valence-corrected chi connectivity index (χ0v) is 6.36. The Bertz CT molecular complexity index is 218. The number of aryl methyl sites for hydroxylation is 1. The number of aliphatic hydroxyl groups excluding tert-OH is 1. The number of aliphatic hydroxyl groups is 2. The zero-order chi connectivity index (χ0) is 8.27. The van der Waals surface area contributed by atoms with E-state index in [9.17, 15) is 0 Å². The maximum Gasteiger partial charge on any atom is 0.155 e. The molecular weight excluding hydrogens is 142 g/mol. The summed E-state index contributed by atoms with van der Waals surface area (Å²) in [6, 6.07) is 3.68. The van der Waals surface area contributed by atoms with Gasteiger partial charge in [-0.15, -0.1) is 0 Å². The van der Waals surface area contributed by atoms with Gasteiger partial charge in [-0.25, -0.2) is 0 Å². The first-order valence-electron chi connectivity index (χ1n) is 3.46. The molecule has 0 atom stereocenters.